The summed E-state index contributed by atoms with van der Waals surface area (Å²) in [6.45, 7) is 3.96. The third-order valence-corrected chi connectivity index (χ3v) is 4.14. The number of aliphatic hydroxyl groups is 1. The van der Waals surface area contributed by atoms with Gasteiger partial charge in [0.25, 0.3) is 0 Å². The van der Waals surface area contributed by atoms with Crippen LogP contribution >= 0.6 is 0 Å². The molecule has 1 saturated heterocycles. The van der Waals surface area contributed by atoms with E-state index in [0.29, 0.717) is 17.2 Å². The number of likely N-dealkylation sites (tertiary alicyclic amines) is 1. The van der Waals surface area contributed by atoms with Crippen LogP contribution in [0.3, 0.4) is 0 Å². The number of nitrogens with one attached hydrogen (secondary N) is 1. The molecule has 1 aliphatic heterocycles. The largest absolute Gasteiger partial charge is 0.465 e. The fraction of sp³-hybridized carbons (Fsp3) is 0.471. The van der Waals surface area contributed by atoms with Gasteiger partial charge in [-0.1, -0.05) is 5.16 Å². The molecular formula is C17H21N3O5. The molecule has 2 aromatic heterocycles. The van der Waals surface area contributed by atoms with Crippen LogP contribution in [0, 0.1) is 13.8 Å². The number of β-amino-alcohol motifs (C(OH)–C–C–N with tert-alkyl or cyclic N) is 1. The molecule has 0 bridgehead atoms. The molecule has 3 heterocycles. The fourth-order valence-electron chi connectivity index (χ4n) is 2.96. The Bertz CT molecular complexity index is 766. The molecule has 8 heteroatoms. The molecule has 3 rings (SSSR count). The number of furan rings is 1. The number of hydrogen-bond donors (Lipinski definition) is 2. The Morgan fingerprint density at radius 2 is 2.16 bits per heavy atom. The molecule has 0 radical (unpaired) electrons. The molecule has 1 aliphatic rings. The van der Waals surface area contributed by atoms with E-state index in [4.69, 9.17) is 8.94 Å². The highest BCUT2D eigenvalue weighted by Gasteiger charge is 2.38. The maximum Gasteiger partial charge on any atom is 0.243 e. The first-order valence-corrected chi connectivity index (χ1v) is 8.15. The lowest BCUT2D eigenvalue weighted by Crippen LogP contribution is -2.46. The van der Waals surface area contributed by atoms with Crippen LogP contribution in [-0.2, 0) is 22.6 Å². The van der Waals surface area contributed by atoms with Crippen LogP contribution in [0.5, 0.6) is 0 Å². The molecule has 0 spiro atoms. The molecule has 2 N–H and O–H groups in total. The average molecular weight is 347 g/mol. The van der Waals surface area contributed by atoms with Gasteiger partial charge in [-0.05, 0) is 26.0 Å². The second-order valence-corrected chi connectivity index (χ2v) is 6.29. The lowest BCUT2D eigenvalue weighted by Gasteiger charge is -2.23. The van der Waals surface area contributed by atoms with Gasteiger partial charge < -0.3 is 24.3 Å². The topological polar surface area (TPSA) is 109 Å². The summed E-state index contributed by atoms with van der Waals surface area (Å²) in [4.78, 5) is 26.3. The maximum absolute atomic E-state index is 12.5. The van der Waals surface area contributed by atoms with E-state index in [1.165, 1.54) is 4.90 Å². The number of carbonyl (C=O) groups excluding carboxylic acids is 2. The highest BCUT2D eigenvalue weighted by atomic mass is 16.5. The van der Waals surface area contributed by atoms with Gasteiger partial charge in [-0.2, -0.15) is 0 Å². The molecule has 0 saturated carbocycles. The van der Waals surface area contributed by atoms with Crippen molar-refractivity contribution in [3.63, 3.8) is 0 Å². The van der Waals surface area contributed by atoms with E-state index >= 15 is 0 Å². The van der Waals surface area contributed by atoms with E-state index in [1.807, 2.05) is 13.0 Å². The molecule has 8 nitrogen and oxygen atoms in total. The van der Waals surface area contributed by atoms with Crippen molar-refractivity contribution in [2.75, 3.05) is 6.54 Å². The SMILES string of the molecule is Cc1cc(CC(=O)N2CC(O)CC2C(=O)NCc2ccc(C)o2)on1. The second-order valence-electron chi connectivity index (χ2n) is 6.29. The molecule has 1 fully saturated rings. The molecule has 2 unspecified atom stereocenters. The van der Waals surface area contributed by atoms with Gasteiger partial charge in [0.15, 0.2) is 0 Å². The summed E-state index contributed by atoms with van der Waals surface area (Å²) in [5.41, 5.74) is 0.687. The predicted molar refractivity (Wildman–Crippen MR) is 86.4 cm³/mol. The minimum Gasteiger partial charge on any atom is -0.465 e. The van der Waals surface area contributed by atoms with E-state index in [0.717, 1.165) is 5.76 Å². The summed E-state index contributed by atoms with van der Waals surface area (Å²) in [6, 6.07) is 4.57. The van der Waals surface area contributed by atoms with Gasteiger partial charge in [-0.3, -0.25) is 9.59 Å². The Balaban J connectivity index is 1.61. The number of carbonyl (C=O) groups is 2. The van der Waals surface area contributed by atoms with Gasteiger partial charge in [-0.25, -0.2) is 0 Å². The van der Waals surface area contributed by atoms with Crippen molar-refractivity contribution in [3.05, 3.63) is 41.2 Å². The van der Waals surface area contributed by atoms with Crippen LogP contribution in [0.2, 0.25) is 0 Å². The van der Waals surface area contributed by atoms with Crippen molar-refractivity contribution < 1.29 is 23.6 Å². The Morgan fingerprint density at radius 3 is 2.80 bits per heavy atom. The van der Waals surface area contributed by atoms with Crippen molar-refractivity contribution in [2.45, 2.75) is 45.4 Å². The normalized spacial score (nSPS) is 20.0. The zero-order valence-corrected chi connectivity index (χ0v) is 14.2. The number of aliphatic hydroxyl groups excluding tert-OH is 1. The smallest absolute Gasteiger partial charge is 0.243 e. The van der Waals surface area contributed by atoms with E-state index in [9.17, 15) is 14.7 Å². The molecule has 2 aromatic rings. The molecular weight excluding hydrogens is 326 g/mol. The molecule has 25 heavy (non-hydrogen) atoms. The highest BCUT2D eigenvalue weighted by Crippen LogP contribution is 2.20. The maximum atomic E-state index is 12.5. The predicted octanol–water partition coefficient (Wildman–Crippen LogP) is 0.705. The van der Waals surface area contributed by atoms with Crippen molar-refractivity contribution >= 4 is 11.8 Å². The number of amides is 2. The lowest BCUT2D eigenvalue weighted by atomic mass is 10.1. The van der Waals surface area contributed by atoms with E-state index in [-0.39, 0.29) is 37.7 Å². The van der Waals surface area contributed by atoms with Gasteiger partial charge in [0.05, 0.1) is 24.8 Å². The standard InChI is InChI=1S/C17H21N3O5/c1-10-5-14(25-19-10)7-16(22)20-9-12(21)6-15(20)17(23)18-8-13-4-3-11(2)24-13/h3-5,12,15,21H,6-9H2,1-2H3,(H,18,23). The van der Waals surface area contributed by atoms with Gasteiger partial charge in [0, 0.05) is 19.0 Å². The number of aromatic nitrogens is 1. The van der Waals surface area contributed by atoms with E-state index in [1.54, 1.807) is 19.1 Å². The van der Waals surface area contributed by atoms with Crippen LogP contribution in [0.1, 0.15) is 29.4 Å². The highest BCUT2D eigenvalue weighted by molar-refractivity contribution is 5.89. The molecule has 0 aromatic carbocycles. The molecule has 2 atom stereocenters. The van der Waals surface area contributed by atoms with Crippen LogP contribution in [-0.4, -0.2) is 45.7 Å². The van der Waals surface area contributed by atoms with E-state index in [2.05, 4.69) is 10.5 Å². The van der Waals surface area contributed by atoms with Crippen molar-refractivity contribution in [2.24, 2.45) is 0 Å². The number of rotatable bonds is 5. The third kappa shape index (κ3) is 4.08. The van der Waals surface area contributed by atoms with Crippen LogP contribution < -0.4 is 5.32 Å². The Kier molecular flexibility index (Phi) is 4.89. The summed E-state index contributed by atoms with van der Waals surface area (Å²) >= 11 is 0. The number of aryl methyl sites for hydroxylation is 2. The summed E-state index contributed by atoms with van der Waals surface area (Å²) in [5.74, 6) is 1.25. The average Bonchev–Trinajstić information content (AvgIpc) is 3.26. The first-order valence-electron chi connectivity index (χ1n) is 8.15. The van der Waals surface area contributed by atoms with Crippen molar-refractivity contribution in [1.29, 1.82) is 0 Å². The van der Waals surface area contributed by atoms with E-state index < -0.39 is 12.1 Å². The summed E-state index contributed by atoms with van der Waals surface area (Å²) < 4.78 is 10.5. The van der Waals surface area contributed by atoms with Gasteiger partial charge in [-0.15, -0.1) is 0 Å². The van der Waals surface area contributed by atoms with Crippen LogP contribution in [0.15, 0.2) is 27.1 Å². The number of nitrogens with zero attached hydrogens (tertiary/aromatic N) is 2. The van der Waals surface area contributed by atoms with Crippen LogP contribution in [0.4, 0.5) is 0 Å². The Labute approximate surface area is 144 Å². The third-order valence-electron chi connectivity index (χ3n) is 4.14. The Morgan fingerprint density at radius 1 is 1.36 bits per heavy atom. The van der Waals surface area contributed by atoms with Crippen molar-refractivity contribution in [3.8, 4) is 0 Å². The summed E-state index contributed by atoms with van der Waals surface area (Å²) in [6.07, 6.45) is -0.499. The molecule has 0 aliphatic carbocycles. The zero-order chi connectivity index (χ0) is 18.0. The van der Waals surface area contributed by atoms with Gasteiger partial charge >= 0.3 is 0 Å². The van der Waals surface area contributed by atoms with Crippen LogP contribution in [0.25, 0.3) is 0 Å². The summed E-state index contributed by atoms with van der Waals surface area (Å²) in [7, 11) is 0. The quantitative estimate of drug-likeness (QED) is 0.824. The minimum atomic E-state index is -0.720. The first kappa shape index (κ1) is 17.2. The Hall–Kier alpha value is -2.61. The molecule has 134 valence electrons. The first-order chi connectivity index (χ1) is 11.9. The summed E-state index contributed by atoms with van der Waals surface area (Å²) in [5, 5.41) is 16.4. The van der Waals surface area contributed by atoms with Gasteiger partial charge in [0.1, 0.15) is 23.3 Å². The second kappa shape index (κ2) is 7.10. The fourth-order valence-corrected chi connectivity index (χ4v) is 2.96. The van der Waals surface area contributed by atoms with Crippen molar-refractivity contribution in [1.82, 2.24) is 15.4 Å². The minimum absolute atomic E-state index is 0.00865. The molecule has 2 amide bonds. The number of hydrogen-bond acceptors (Lipinski definition) is 6. The monoisotopic (exact) mass is 347 g/mol. The zero-order valence-electron chi connectivity index (χ0n) is 14.2. The van der Waals surface area contributed by atoms with Gasteiger partial charge in [0.2, 0.25) is 11.8 Å². The lowest BCUT2D eigenvalue weighted by molar-refractivity contribution is -0.138.